The molecule has 0 radical (unpaired) electrons. The highest BCUT2D eigenvalue weighted by Gasteiger charge is 2.36. The van der Waals surface area contributed by atoms with Crippen LogP contribution in [0.1, 0.15) is 25.5 Å². The summed E-state index contributed by atoms with van der Waals surface area (Å²) >= 11 is 0. The Kier molecular flexibility index (Phi) is 7.58. The highest BCUT2D eigenvalue weighted by atomic mass is 16.5. The van der Waals surface area contributed by atoms with E-state index in [4.69, 9.17) is 9.47 Å². The van der Waals surface area contributed by atoms with Gasteiger partial charge in [0.1, 0.15) is 5.75 Å². The van der Waals surface area contributed by atoms with E-state index in [1.54, 1.807) is 25.4 Å². The van der Waals surface area contributed by atoms with Crippen LogP contribution in [0, 0.1) is 0 Å². The van der Waals surface area contributed by atoms with Crippen LogP contribution >= 0.6 is 0 Å². The first kappa shape index (κ1) is 23.5. The SMILES string of the molecule is CCOC(=O)C1=C(CN2CCN(c3ncccn3)CC2)NC(=O)N[C@@H]1c1ccccc1OCC. The number of urea groups is 1. The van der Waals surface area contributed by atoms with E-state index in [0.29, 0.717) is 41.7 Å². The van der Waals surface area contributed by atoms with E-state index in [0.717, 1.165) is 26.2 Å². The average Bonchev–Trinajstić information content (AvgIpc) is 2.85. The fourth-order valence-electron chi connectivity index (χ4n) is 4.22. The van der Waals surface area contributed by atoms with Crippen LogP contribution < -0.4 is 20.3 Å². The van der Waals surface area contributed by atoms with E-state index in [-0.39, 0.29) is 12.6 Å². The second-order valence-corrected chi connectivity index (χ2v) is 7.93. The van der Waals surface area contributed by atoms with Crippen molar-refractivity contribution in [3.8, 4) is 5.75 Å². The predicted molar refractivity (Wildman–Crippen MR) is 126 cm³/mol. The zero-order valence-corrected chi connectivity index (χ0v) is 19.5. The van der Waals surface area contributed by atoms with Crippen LogP contribution in [0.5, 0.6) is 5.75 Å². The molecule has 4 rings (SSSR count). The number of nitrogens with one attached hydrogen (secondary N) is 2. The third-order valence-electron chi connectivity index (χ3n) is 5.77. The van der Waals surface area contributed by atoms with Crippen LogP contribution in [0.3, 0.4) is 0 Å². The molecule has 1 aromatic carbocycles. The van der Waals surface area contributed by atoms with Crippen molar-refractivity contribution in [3.63, 3.8) is 0 Å². The maximum Gasteiger partial charge on any atom is 0.338 e. The summed E-state index contributed by atoms with van der Waals surface area (Å²) in [6, 6.07) is 8.17. The fraction of sp³-hybridized carbons (Fsp3) is 0.417. The standard InChI is InChI=1S/C24H30N6O4/c1-3-33-19-9-6-5-8-17(19)21-20(22(31)34-4-2)18(27-24(32)28-21)16-29-12-14-30(15-13-29)23-25-10-7-11-26-23/h5-11,21H,3-4,12-16H2,1-2H3,(H2,27,28,32)/t21-/m1/s1. The number of aromatic nitrogens is 2. The van der Waals surface area contributed by atoms with Gasteiger partial charge in [0, 0.05) is 56.4 Å². The number of piperazine rings is 1. The van der Waals surface area contributed by atoms with Gasteiger partial charge in [-0.1, -0.05) is 18.2 Å². The first-order chi connectivity index (χ1) is 16.6. The summed E-state index contributed by atoms with van der Waals surface area (Å²) in [5.41, 5.74) is 1.65. The molecule has 0 aliphatic carbocycles. The van der Waals surface area contributed by atoms with Crippen molar-refractivity contribution in [2.75, 3.05) is 50.8 Å². The zero-order valence-electron chi connectivity index (χ0n) is 19.5. The maximum atomic E-state index is 13.1. The van der Waals surface area contributed by atoms with Crippen molar-refractivity contribution in [2.45, 2.75) is 19.9 Å². The molecule has 34 heavy (non-hydrogen) atoms. The molecule has 2 amide bonds. The summed E-state index contributed by atoms with van der Waals surface area (Å²) in [6.07, 6.45) is 3.46. The monoisotopic (exact) mass is 466 g/mol. The van der Waals surface area contributed by atoms with Gasteiger partial charge in [-0.3, -0.25) is 4.90 Å². The second-order valence-electron chi connectivity index (χ2n) is 7.93. The number of amides is 2. The highest BCUT2D eigenvalue weighted by molar-refractivity contribution is 5.95. The number of nitrogens with zero attached hydrogens (tertiary/aromatic N) is 4. The molecule has 1 saturated heterocycles. The molecule has 2 aliphatic rings. The van der Waals surface area contributed by atoms with E-state index < -0.39 is 12.0 Å². The number of hydrogen-bond acceptors (Lipinski definition) is 8. The number of anilines is 1. The minimum Gasteiger partial charge on any atom is -0.494 e. The fourth-order valence-corrected chi connectivity index (χ4v) is 4.22. The van der Waals surface area contributed by atoms with Gasteiger partial charge in [0.2, 0.25) is 5.95 Å². The summed E-state index contributed by atoms with van der Waals surface area (Å²) in [6.45, 7) is 7.74. The van der Waals surface area contributed by atoms with Crippen LogP contribution in [-0.4, -0.2) is 72.8 Å². The van der Waals surface area contributed by atoms with E-state index in [2.05, 4.69) is 30.4 Å². The van der Waals surface area contributed by atoms with Crippen molar-refractivity contribution in [3.05, 3.63) is 59.6 Å². The number of carbonyl (C=O) groups excluding carboxylic acids is 2. The van der Waals surface area contributed by atoms with Crippen molar-refractivity contribution in [1.29, 1.82) is 0 Å². The Balaban J connectivity index is 1.60. The van der Waals surface area contributed by atoms with Crippen LogP contribution in [0.2, 0.25) is 0 Å². The molecule has 3 heterocycles. The quantitative estimate of drug-likeness (QED) is 0.568. The van der Waals surface area contributed by atoms with Crippen LogP contribution in [0.4, 0.5) is 10.7 Å². The zero-order chi connectivity index (χ0) is 23.9. The number of hydrogen-bond donors (Lipinski definition) is 2. The molecular formula is C24H30N6O4. The largest absolute Gasteiger partial charge is 0.494 e. The second kappa shape index (κ2) is 11.0. The van der Waals surface area contributed by atoms with Gasteiger partial charge in [-0.05, 0) is 26.0 Å². The molecule has 1 aromatic heterocycles. The predicted octanol–water partition coefficient (Wildman–Crippen LogP) is 1.87. The molecule has 1 fully saturated rings. The Bertz CT molecular complexity index is 1040. The van der Waals surface area contributed by atoms with Gasteiger partial charge in [0.05, 0.1) is 24.8 Å². The Hall–Kier alpha value is -3.66. The van der Waals surface area contributed by atoms with Gasteiger partial charge in [-0.2, -0.15) is 0 Å². The molecule has 10 nitrogen and oxygen atoms in total. The molecule has 2 aromatic rings. The van der Waals surface area contributed by atoms with E-state index in [1.807, 2.05) is 31.2 Å². The molecular weight excluding hydrogens is 436 g/mol. The molecule has 0 bridgehead atoms. The smallest absolute Gasteiger partial charge is 0.338 e. The van der Waals surface area contributed by atoms with Crippen molar-refractivity contribution in [2.24, 2.45) is 0 Å². The van der Waals surface area contributed by atoms with E-state index >= 15 is 0 Å². The normalized spacial score (nSPS) is 18.8. The topological polar surface area (TPSA) is 109 Å². The summed E-state index contributed by atoms with van der Waals surface area (Å²) in [5.74, 6) is 0.865. The Morgan fingerprint density at radius 2 is 1.79 bits per heavy atom. The number of benzene rings is 1. The highest BCUT2D eigenvalue weighted by Crippen LogP contribution is 2.34. The average molecular weight is 467 g/mol. The number of esters is 1. The number of rotatable bonds is 8. The molecule has 0 saturated carbocycles. The number of para-hydroxylation sites is 1. The van der Waals surface area contributed by atoms with Crippen molar-refractivity contribution < 1.29 is 19.1 Å². The Labute approximate surface area is 199 Å². The Morgan fingerprint density at radius 3 is 2.50 bits per heavy atom. The van der Waals surface area contributed by atoms with E-state index in [1.165, 1.54) is 0 Å². The lowest BCUT2D eigenvalue weighted by Crippen LogP contribution is -2.52. The van der Waals surface area contributed by atoms with Gasteiger partial charge >= 0.3 is 12.0 Å². The number of carbonyl (C=O) groups is 2. The van der Waals surface area contributed by atoms with Crippen molar-refractivity contribution >= 4 is 17.9 Å². The van der Waals surface area contributed by atoms with Crippen LogP contribution in [-0.2, 0) is 9.53 Å². The summed E-state index contributed by atoms with van der Waals surface area (Å²) in [5, 5.41) is 5.74. The Morgan fingerprint density at radius 1 is 1.06 bits per heavy atom. The summed E-state index contributed by atoms with van der Waals surface area (Å²) in [7, 11) is 0. The first-order valence-corrected chi connectivity index (χ1v) is 11.5. The van der Waals surface area contributed by atoms with E-state index in [9.17, 15) is 9.59 Å². The minimum atomic E-state index is -0.676. The van der Waals surface area contributed by atoms with Gasteiger partial charge in [-0.15, -0.1) is 0 Å². The molecule has 0 spiro atoms. The minimum absolute atomic E-state index is 0.235. The molecule has 10 heteroatoms. The van der Waals surface area contributed by atoms with Gasteiger partial charge in [-0.25, -0.2) is 19.6 Å². The first-order valence-electron chi connectivity index (χ1n) is 11.5. The van der Waals surface area contributed by atoms with Gasteiger partial charge in [0.25, 0.3) is 0 Å². The molecule has 180 valence electrons. The van der Waals surface area contributed by atoms with Crippen LogP contribution in [0.15, 0.2) is 54.0 Å². The maximum absolute atomic E-state index is 13.1. The molecule has 2 aliphatic heterocycles. The van der Waals surface area contributed by atoms with Crippen molar-refractivity contribution in [1.82, 2.24) is 25.5 Å². The lowest BCUT2D eigenvalue weighted by molar-refractivity contribution is -0.139. The van der Waals surface area contributed by atoms with Gasteiger partial charge in [0.15, 0.2) is 0 Å². The van der Waals surface area contributed by atoms with Gasteiger partial charge < -0.3 is 25.0 Å². The third-order valence-corrected chi connectivity index (χ3v) is 5.77. The summed E-state index contributed by atoms with van der Waals surface area (Å²) < 4.78 is 11.2. The third kappa shape index (κ3) is 5.28. The number of ether oxygens (including phenoxy) is 2. The lowest BCUT2D eigenvalue weighted by atomic mass is 9.94. The summed E-state index contributed by atoms with van der Waals surface area (Å²) in [4.78, 5) is 38.7. The lowest BCUT2D eigenvalue weighted by Gasteiger charge is -2.37. The molecule has 0 unspecified atom stereocenters. The molecule has 2 N–H and O–H groups in total. The van der Waals surface area contributed by atoms with Crippen LogP contribution in [0.25, 0.3) is 0 Å². The molecule has 1 atom stereocenters.